The number of hydrogen-bond donors (Lipinski definition) is 0. The van der Waals surface area contributed by atoms with E-state index in [9.17, 15) is 0 Å². The maximum atomic E-state index is 8.97. The average molecular weight is 906 g/mol. The van der Waals surface area contributed by atoms with Crippen LogP contribution >= 0.6 is 11.3 Å². The Bertz CT molecular complexity index is 3850. The van der Waals surface area contributed by atoms with Crippen molar-refractivity contribution in [2.75, 3.05) is 0 Å². The molecule has 0 radical (unpaired) electrons. The lowest BCUT2D eigenvalue weighted by Crippen LogP contribution is -2.74. The van der Waals surface area contributed by atoms with Crippen molar-refractivity contribution in [3.05, 3.63) is 203 Å². The fourth-order valence-corrected chi connectivity index (χ4v) is 17.3. The van der Waals surface area contributed by atoms with Crippen molar-refractivity contribution in [1.29, 1.82) is 0 Å². The molecule has 0 atom stereocenters. The fraction of sp³-hybridized carbons (Fsp3) is 0.180. The smallest absolute Gasteiger partial charge is 0.195 e. The van der Waals surface area contributed by atoms with Crippen LogP contribution in [0.2, 0.25) is 0 Å². The number of fused-ring (bicyclic) bond motifs is 10. The predicted molar refractivity (Wildman–Crippen MR) is 287 cm³/mol. The van der Waals surface area contributed by atoms with Crippen molar-refractivity contribution in [2.24, 2.45) is 0 Å². The summed E-state index contributed by atoms with van der Waals surface area (Å²) >= 11 is 1.75. The van der Waals surface area contributed by atoms with Crippen LogP contribution in [0, 0.1) is 13.8 Å². The molecule has 12 rings (SSSR count). The standard InChI is InChI=1S/C61H54N4SSi/c1-38-33-47(53(60(3,4)5)57-55(38)62-52-37-42-21-15-16-30-49(42)64(52)57)40-22-19-28-45(35-40)67(43-24-11-9-12-25-43,44-26-13-10-14-27-44)46-29-20-23-41(36-46)48-34-39(2)56-58(54(48)61(6,7)8)65-50-31-17-18-32-51(50)66-59(65)63-56/h9-36H,37H2,1-8H3/i1D3. The Kier molecular flexibility index (Phi) is 8.61. The van der Waals surface area contributed by atoms with Crippen LogP contribution < -0.4 is 20.7 Å². The van der Waals surface area contributed by atoms with Gasteiger partial charge in [0.15, 0.2) is 13.0 Å². The molecule has 11 aromatic rings. The van der Waals surface area contributed by atoms with Crippen molar-refractivity contribution in [3.63, 3.8) is 0 Å². The Hall–Kier alpha value is -6.86. The van der Waals surface area contributed by atoms with Gasteiger partial charge in [0.2, 0.25) is 0 Å². The van der Waals surface area contributed by atoms with Crippen LogP contribution in [0.5, 0.6) is 0 Å². The number of rotatable bonds is 6. The lowest BCUT2D eigenvalue weighted by atomic mass is 9.80. The third-order valence-electron chi connectivity index (χ3n) is 14.1. The molecule has 4 nitrogen and oxygen atoms in total. The van der Waals surface area contributed by atoms with Gasteiger partial charge in [0.1, 0.15) is 5.82 Å². The zero-order valence-corrected chi connectivity index (χ0v) is 40.9. The lowest BCUT2D eigenvalue weighted by molar-refractivity contribution is 0.595. The highest BCUT2D eigenvalue weighted by molar-refractivity contribution is 7.23. The van der Waals surface area contributed by atoms with Crippen LogP contribution in [0.25, 0.3) is 65.2 Å². The van der Waals surface area contributed by atoms with Crippen molar-refractivity contribution in [1.82, 2.24) is 18.9 Å². The van der Waals surface area contributed by atoms with Gasteiger partial charge in [0.25, 0.3) is 0 Å². The van der Waals surface area contributed by atoms with E-state index >= 15 is 0 Å². The normalized spacial score (nSPS) is 13.9. The summed E-state index contributed by atoms with van der Waals surface area (Å²) in [6.07, 6.45) is 0.656. The molecule has 4 heterocycles. The first-order valence-corrected chi connectivity index (χ1v) is 26.2. The quantitative estimate of drug-likeness (QED) is 0.123. The molecule has 0 saturated carbocycles. The van der Waals surface area contributed by atoms with E-state index in [2.05, 4.69) is 221 Å². The van der Waals surface area contributed by atoms with Crippen molar-refractivity contribution < 1.29 is 4.11 Å². The Balaban J connectivity index is 1.15. The van der Waals surface area contributed by atoms with E-state index in [-0.39, 0.29) is 16.4 Å². The van der Waals surface area contributed by atoms with Crippen LogP contribution in [-0.2, 0) is 17.3 Å². The first kappa shape index (κ1) is 38.3. The summed E-state index contributed by atoms with van der Waals surface area (Å²) in [5.74, 6) is 0.878. The first-order valence-electron chi connectivity index (χ1n) is 24.9. The molecule has 8 aromatic carbocycles. The summed E-state index contributed by atoms with van der Waals surface area (Å²) in [5.41, 5.74) is 14.6. The van der Waals surface area contributed by atoms with E-state index in [0.717, 1.165) is 49.8 Å². The minimum Gasteiger partial charge on any atom is -0.295 e. The maximum absolute atomic E-state index is 8.97. The monoisotopic (exact) mass is 905 g/mol. The summed E-state index contributed by atoms with van der Waals surface area (Å²) in [5, 5.41) is 5.00. The van der Waals surface area contributed by atoms with Crippen molar-refractivity contribution in [2.45, 2.75) is 72.6 Å². The molecule has 0 amide bonds. The highest BCUT2D eigenvalue weighted by atomic mass is 32.1. The molecule has 0 aliphatic carbocycles. The first-order chi connectivity index (χ1) is 33.5. The zero-order valence-electron chi connectivity index (χ0n) is 42.1. The number of benzene rings is 8. The molecule has 0 unspecified atom stereocenters. The van der Waals surface area contributed by atoms with Gasteiger partial charge in [-0.1, -0.05) is 192 Å². The second kappa shape index (κ2) is 15.1. The molecule has 0 saturated heterocycles. The van der Waals surface area contributed by atoms with E-state index in [0.29, 0.717) is 11.9 Å². The Labute approximate surface area is 402 Å². The van der Waals surface area contributed by atoms with Crippen molar-refractivity contribution in [3.8, 4) is 27.9 Å². The van der Waals surface area contributed by atoms with Crippen LogP contribution in [0.4, 0.5) is 0 Å². The molecule has 67 heavy (non-hydrogen) atoms. The second-order valence-electron chi connectivity index (χ2n) is 20.5. The van der Waals surface area contributed by atoms with Gasteiger partial charge in [-0.3, -0.25) is 8.97 Å². The van der Waals surface area contributed by atoms with E-state index in [4.69, 9.17) is 14.1 Å². The number of aromatic nitrogens is 4. The molecule has 328 valence electrons. The van der Waals surface area contributed by atoms with Crippen LogP contribution in [0.1, 0.15) is 79.3 Å². The van der Waals surface area contributed by atoms with E-state index in [1.807, 2.05) is 6.07 Å². The van der Waals surface area contributed by atoms with Crippen LogP contribution in [0.15, 0.2) is 170 Å². The highest BCUT2D eigenvalue weighted by Gasteiger charge is 2.42. The Morgan fingerprint density at radius 2 is 1.09 bits per heavy atom. The van der Waals surface area contributed by atoms with Gasteiger partial charge in [0.05, 0.1) is 38.0 Å². The number of imidazole rings is 2. The molecular weight excluding hydrogens is 849 g/mol. The van der Waals surface area contributed by atoms with Crippen LogP contribution in [0.3, 0.4) is 0 Å². The molecule has 6 heteroatoms. The van der Waals surface area contributed by atoms with Gasteiger partial charge in [-0.15, -0.1) is 0 Å². The zero-order chi connectivity index (χ0) is 48.5. The maximum Gasteiger partial charge on any atom is 0.195 e. The molecular formula is C61H54N4SSi. The van der Waals surface area contributed by atoms with E-state index in [1.54, 1.807) is 11.3 Å². The molecule has 0 N–H and O–H groups in total. The second-order valence-corrected chi connectivity index (χ2v) is 25.3. The molecule has 1 aliphatic rings. The van der Waals surface area contributed by atoms with Gasteiger partial charge in [-0.05, 0) is 126 Å². The molecule has 0 fully saturated rings. The van der Waals surface area contributed by atoms with Gasteiger partial charge >= 0.3 is 0 Å². The SMILES string of the molecule is [2H]C([2H])([2H])c1cc(-c2cccc([Si](c3ccccc3)(c3ccccc3)c3cccc(-c4cc(C)c5nc6sc7ccccc7n6c5c4C(C)(C)C)c3)c2)c(C(C)(C)C)c2c1nc1n2-c2ccccc2C1. The minimum atomic E-state index is -3.18. The van der Waals surface area contributed by atoms with E-state index in [1.165, 1.54) is 58.7 Å². The number of para-hydroxylation sites is 2. The van der Waals surface area contributed by atoms with Crippen LogP contribution in [-0.4, -0.2) is 27.0 Å². The molecule has 0 spiro atoms. The van der Waals surface area contributed by atoms with E-state index < -0.39 is 14.9 Å². The molecule has 3 aromatic heterocycles. The summed E-state index contributed by atoms with van der Waals surface area (Å²) in [6, 6.07) is 62.0. The largest absolute Gasteiger partial charge is 0.295 e. The van der Waals surface area contributed by atoms with Crippen molar-refractivity contribution >= 4 is 77.4 Å². The summed E-state index contributed by atoms with van der Waals surface area (Å²) in [7, 11) is -3.18. The Morgan fingerprint density at radius 1 is 0.552 bits per heavy atom. The third-order valence-corrected chi connectivity index (χ3v) is 19.9. The van der Waals surface area contributed by atoms with Gasteiger partial charge < -0.3 is 0 Å². The molecule has 1 aliphatic heterocycles. The third kappa shape index (κ3) is 6.29. The van der Waals surface area contributed by atoms with Gasteiger partial charge in [0, 0.05) is 10.5 Å². The van der Waals surface area contributed by atoms with Gasteiger partial charge in [-0.2, -0.15) is 0 Å². The fourth-order valence-electron chi connectivity index (χ4n) is 11.4. The Morgan fingerprint density at radius 3 is 1.72 bits per heavy atom. The minimum absolute atomic E-state index is 0.227. The number of nitrogens with zero attached hydrogens (tertiary/aromatic N) is 4. The number of thiazole rings is 1. The number of aryl methyl sites for hydroxylation is 2. The topological polar surface area (TPSA) is 35.1 Å². The predicted octanol–water partition coefficient (Wildman–Crippen LogP) is 12.9. The molecule has 0 bridgehead atoms. The summed E-state index contributed by atoms with van der Waals surface area (Å²) in [6.45, 7) is 13.5. The average Bonchev–Trinajstić information content (AvgIpc) is 4.10. The summed E-state index contributed by atoms with van der Waals surface area (Å²) < 4.78 is 32.8. The lowest BCUT2D eigenvalue weighted by Gasteiger charge is -2.35. The number of hydrogen-bond acceptors (Lipinski definition) is 3. The van der Waals surface area contributed by atoms with Gasteiger partial charge in [-0.25, -0.2) is 9.97 Å². The summed E-state index contributed by atoms with van der Waals surface area (Å²) in [4.78, 5) is 11.5. The highest BCUT2D eigenvalue weighted by Crippen LogP contribution is 2.45.